The highest BCUT2D eigenvalue weighted by Gasteiger charge is 2.54. The highest BCUT2D eigenvalue weighted by molar-refractivity contribution is 6.13. The third-order valence-corrected chi connectivity index (χ3v) is 7.23. The van der Waals surface area contributed by atoms with Crippen LogP contribution in [0.3, 0.4) is 0 Å². The van der Waals surface area contributed by atoms with Gasteiger partial charge in [0.1, 0.15) is 5.82 Å². The van der Waals surface area contributed by atoms with Gasteiger partial charge in [0.2, 0.25) is 0 Å². The van der Waals surface area contributed by atoms with E-state index in [9.17, 15) is 18.8 Å². The molecule has 1 aliphatic heterocycles. The summed E-state index contributed by atoms with van der Waals surface area (Å²) in [4.78, 5) is 41.5. The lowest BCUT2D eigenvalue weighted by Crippen LogP contribution is -2.45. The Balaban J connectivity index is 1.40. The minimum absolute atomic E-state index is 0.279. The molecule has 0 bridgehead atoms. The van der Waals surface area contributed by atoms with Gasteiger partial charge in [-0.25, -0.2) is 9.18 Å². The minimum atomic E-state index is -1.41. The van der Waals surface area contributed by atoms with Crippen LogP contribution in [0.15, 0.2) is 91.0 Å². The number of rotatable bonds is 8. The second-order valence-electron chi connectivity index (χ2n) is 9.54. The molecule has 0 atom stereocenters. The molecule has 192 valence electrons. The average Bonchev–Trinajstić information content (AvgIpc) is 3.36. The number of nitrogens with one attached hydrogen (secondary N) is 1. The number of hydrogen-bond acceptors (Lipinski definition) is 3. The molecule has 0 unspecified atom stereocenters. The maximum Gasteiger partial charge on any atom is 0.325 e. The standard InChI is InChI=1S/C31H28FN3O3/c1-21-19-27(22(2)34(21)18-17-23-13-15-26(32)16-14-23)28(36)20-35-29(37)31(33-30(35)38,24-9-5-3-6-10-24)25-11-7-4-8-12-25/h3-16,19H,17-18,20H2,1-2H3,(H,33,38). The first kappa shape index (κ1) is 25.1. The Hall–Kier alpha value is -4.52. The summed E-state index contributed by atoms with van der Waals surface area (Å²) < 4.78 is 15.3. The Morgan fingerprint density at radius 1 is 0.868 bits per heavy atom. The molecule has 0 radical (unpaired) electrons. The SMILES string of the molecule is Cc1cc(C(=O)CN2C(=O)NC(c3ccccc3)(c3ccccc3)C2=O)c(C)n1CCc1ccc(F)cc1. The van der Waals surface area contributed by atoms with Gasteiger partial charge in [-0.2, -0.15) is 0 Å². The molecule has 1 saturated heterocycles. The maximum atomic E-state index is 13.9. The van der Waals surface area contributed by atoms with E-state index in [4.69, 9.17) is 0 Å². The summed E-state index contributed by atoms with van der Waals surface area (Å²) in [6, 6.07) is 25.7. The van der Waals surface area contributed by atoms with Gasteiger partial charge in [-0.15, -0.1) is 0 Å². The summed E-state index contributed by atoms with van der Waals surface area (Å²) in [6.45, 7) is 4.02. The molecule has 1 N–H and O–H groups in total. The molecule has 6 nitrogen and oxygen atoms in total. The number of urea groups is 1. The second kappa shape index (κ2) is 10.1. The Bertz CT molecular complexity index is 1460. The van der Waals surface area contributed by atoms with E-state index in [2.05, 4.69) is 5.32 Å². The zero-order chi connectivity index (χ0) is 26.9. The number of amides is 3. The lowest BCUT2D eigenvalue weighted by molar-refractivity contribution is -0.129. The lowest BCUT2D eigenvalue weighted by Gasteiger charge is -2.28. The molecule has 1 fully saturated rings. The van der Waals surface area contributed by atoms with Crippen molar-refractivity contribution >= 4 is 17.7 Å². The fourth-order valence-electron chi connectivity index (χ4n) is 5.20. The van der Waals surface area contributed by atoms with Crippen LogP contribution in [0.2, 0.25) is 0 Å². The van der Waals surface area contributed by atoms with E-state index in [1.165, 1.54) is 12.1 Å². The van der Waals surface area contributed by atoms with E-state index in [1.807, 2.05) is 54.8 Å². The molecular weight excluding hydrogens is 481 g/mol. The monoisotopic (exact) mass is 509 g/mol. The molecular formula is C31H28FN3O3. The number of aromatic nitrogens is 1. The number of Topliss-reactive ketones (excluding diaryl/α,β-unsaturated/α-hetero) is 1. The molecule has 5 rings (SSSR count). The Morgan fingerprint density at radius 3 is 2.03 bits per heavy atom. The first-order valence-electron chi connectivity index (χ1n) is 12.5. The third-order valence-electron chi connectivity index (χ3n) is 7.23. The van der Waals surface area contributed by atoms with E-state index in [0.717, 1.165) is 21.9 Å². The fraction of sp³-hybridized carbons (Fsp3) is 0.194. The first-order chi connectivity index (χ1) is 18.3. The van der Waals surface area contributed by atoms with Crippen LogP contribution in [-0.4, -0.2) is 33.7 Å². The minimum Gasteiger partial charge on any atom is -0.348 e. The van der Waals surface area contributed by atoms with Gasteiger partial charge in [0.05, 0.1) is 6.54 Å². The Kier molecular flexibility index (Phi) is 6.68. The van der Waals surface area contributed by atoms with Crippen molar-refractivity contribution in [3.63, 3.8) is 0 Å². The van der Waals surface area contributed by atoms with E-state index in [1.54, 1.807) is 42.5 Å². The maximum absolute atomic E-state index is 13.9. The average molecular weight is 510 g/mol. The summed E-state index contributed by atoms with van der Waals surface area (Å²) in [6.07, 6.45) is 0.675. The van der Waals surface area contributed by atoms with Crippen molar-refractivity contribution in [2.75, 3.05) is 6.54 Å². The molecule has 0 aliphatic carbocycles. The predicted octanol–water partition coefficient (Wildman–Crippen LogP) is 5.17. The number of carbonyl (C=O) groups is 3. The first-order valence-corrected chi connectivity index (χ1v) is 12.5. The van der Waals surface area contributed by atoms with Crippen molar-refractivity contribution in [2.24, 2.45) is 0 Å². The number of carbonyl (C=O) groups excluding carboxylic acids is 3. The molecule has 3 aromatic carbocycles. The summed E-state index contributed by atoms with van der Waals surface area (Å²) in [5, 5.41) is 2.88. The quantitative estimate of drug-likeness (QED) is 0.263. The molecule has 7 heteroatoms. The van der Waals surface area contributed by atoms with Gasteiger partial charge in [0, 0.05) is 23.5 Å². The molecule has 2 heterocycles. The van der Waals surface area contributed by atoms with Gasteiger partial charge in [-0.05, 0) is 55.2 Å². The number of benzene rings is 3. The topological polar surface area (TPSA) is 71.4 Å². The van der Waals surface area contributed by atoms with E-state index < -0.39 is 17.5 Å². The van der Waals surface area contributed by atoms with Crippen LogP contribution in [0.5, 0.6) is 0 Å². The van der Waals surface area contributed by atoms with Crippen LogP contribution in [-0.2, 0) is 23.3 Å². The number of halogens is 1. The van der Waals surface area contributed by atoms with Crippen LogP contribution in [0.25, 0.3) is 0 Å². The van der Waals surface area contributed by atoms with Gasteiger partial charge in [0.25, 0.3) is 5.91 Å². The molecule has 3 amide bonds. The van der Waals surface area contributed by atoms with Crippen LogP contribution in [0.4, 0.5) is 9.18 Å². The van der Waals surface area contributed by atoms with E-state index in [-0.39, 0.29) is 18.1 Å². The molecule has 0 spiro atoms. The summed E-state index contributed by atoms with van der Waals surface area (Å²) in [5.41, 5.74) is 2.96. The summed E-state index contributed by atoms with van der Waals surface area (Å²) >= 11 is 0. The molecule has 1 aromatic heterocycles. The summed E-state index contributed by atoms with van der Waals surface area (Å²) in [5.74, 6) is -1.08. The number of nitrogens with zero attached hydrogens (tertiary/aromatic N) is 2. The van der Waals surface area contributed by atoms with Crippen molar-refractivity contribution in [3.05, 3.63) is 130 Å². The zero-order valence-corrected chi connectivity index (χ0v) is 21.3. The molecule has 1 aliphatic rings. The van der Waals surface area contributed by atoms with Crippen molar-refractivity contribution in [3.8, 4) is 0 Å². The normalized spacial score (nSPS) is 14.6. The fourth-order valence-corrected chi connectivity index (χ4v) is 5.20. The van der Waals surface area contributed by atoms with Crippen LogP contribution < -0.4 is 5.32 Å². The number of aryl methyl sites for hydroxylation is 2. The Labute approximate surface area is 220 Å². The number of ketones is 1. The van der Waals surface area contributed by atoms with Crippen LogP contribution in [0, 0.1) is 19.7 Å². The van der Waals surface area contributed by atoms with E-state index >= 15 is 0 Å². The Morgan fingerprint density at radius 2 is 1.45 bits per heavy atom. The molecule has 4 aromatic rings. The molecule has 38 heavy (non-hydrogen) atoms. The van der Waals surface area contributed by atoms with Crippen LogP contribution in [0.1, 0.15) is 38.4 Å². The summed E-state index contributed by atoms with van der Waals surface area (Å²) in [7, 11) is 0. The highest BCUT2D eigenvalue weighted by Crippen LogP contribution is 2.36. The third kappa shape index (κ3) is 4.41. The lowest BCUT2D eigenvalue weighted by atomic mass is 9.82. The van der Waals surface area contributed by atoms with Gasteiger partial charge >= 0.3 is 6.03 Å². The van der Waals surface area contributed by atoms with Crippen molar-refractivity contribution < 1.29 is 18.8 Å². The second-order valence-corrected chi connectivity index (χ2v) is 9.54. The van der Waals surface area contributed by atoms with Crippen molar-refractivity contribution in [1.82, 2.24) is 14.8 Å². The number of hydrogen-bond donors (Lipinski definition) is 1. The van der Waals surface area contributed by atoms with E-state index in [0.29, 0.717) is 29.7 Å². The molecule has 0 saturated carbocycles. The zero-order valence-electron chi connectivity index (χ0n) is 21.3. The van der Waals surface area contributed by atoms with Crippen molar-refractivity contribution in [2.45, 2.75) is 32.4 Å². The van der Waals surface area contributed by atoms with Crippen LogP contribution >= 0.6 is 0 Å². The van der Waals surface area contributed by atoms with Crippen molar-refractivity contribution in [1.29, 1.82) is 0 Å². The largest absolute Gasteiger partial charge is 0.348 e. The van der Waals surface area contributed by atoms with Gasteiger partial charge in [0.15, 0.2) is 11.3 Å². The van der Waals surface area contributed by atoms with Gasteiger partial charge in [-0.1, -0.05) is 72.8 Å². The van der Waals surface area contributed by atoms with Gasteiger partial charge < -0.3 is 9.88 Å². The predicted molar refractivity (Wildman–Crippen MR) is 142 cm³/mol. The number of imide groups is 1. The highest BCUT2D eigenvalue weighted by atomic mass is 19.1. The smallest absolute Gasteiger partial charge is 0.325 e. The van der Waals surface area contributed by atoms with Gasteiger partial charge in [-0.3, -0.25) is 14.5 Å².